The lowest BCUT2D eigenvalue weighted by Gasteiger charge is -2.27. The summed E-state index contributed by atoms with van der Waals surface area (Å²) in [4.78, 5) is 36.9. The highest BCUT2D eigenvalue weighted by molar-refractivity contribution is 5.95. The van der Waals surface area contributed by atoms with E-state index in [9.17, 15) is 27.6 Å². The minimum absolute atomic E-state index is 0.0571. The number of nitrogens with zero attached hydrogens (tertiary/aromatic N) is 2. The van der Waals surface area contributed by atoms with Gasteiger partial charge in [-0.15, -0.1) is 0 Å². The highest BCUT2D eigenvalue weighted by Crippen LogP contribution is 2.44. The molecule has 1 aromatic carbocycles. The zero-order valence-electron chi connectivity index (χ0n) is 19.3. The molecule has 1 heterocycles. The number of amides is 2. The van der Waals surface area contributed by atoms with Crippen molar-refractivity contribution in [3.63, 3.8) is 0 Å². The third-order valence-corrected chi connectivity index (χ3v) is 7.03. The van der Waals surface area contributed by atoms with Gasteiger partial charge in [0.1, 0.15) is 6.29 Å². The molecule has 188 valence electrons. The Bertz CT molecular complexity index is 1100. The normalized spacial score (nSPS) is 17.7. The minimum Gasteiger partial charge on any atom is -0.364 e. The monoisotopic (exact) mass is 490 g/mol. The van der Waals surface area contributed by atoms with E-state index in [-0.39, 0.29) is 53.3 Å². The van der Waals surface area contributed by atoms with Crippen LogP contribution >= 0.6 is 0 Å². The summed E-state index contributed by atoms with van der Waals surface area (Å²) in [5.74, 6) is -2.07. The third-order valence-electron chi connectivity index (χ3n) is 7.03. The molecule has 2 fully saturated rings. The fraction of sp³-hybridized carbons (Fsp3) is 0.520. The van der Waals surface area contributed by atoms with Gasteiger partial charge < -0.3 is 15.8 Å². The molecule has 2 aromatic rings. The Balaban J connectivity index is 1.90. The fourth-order valence-corrected chi connectivity index (χ4v) is 5.12. The van der Waals surface area contributed by atoms with Gasteiger partial charge in [-0.1, -0.05) is 31.0 Å². The SMILES string of the molecule is NC(=O)c1nn(C2CCCC2)c(-c2ccccc2C(F)(F)F)c1C(CC=O)CC(=O)NC1CCC1. The summed E-state index contributed by atoms with van der Waals surface area (Å²) in [5, 5.41) is 7.32. The number of hydrogen-bond acceptors (Lipinski definition) is 4. The van der Waals surface area contributed by atoms with E-state index in [1.807, 2.05) is 0 Å². The Labute approximate surface area is 201 Å². The number of halogens is 3. The van der Waals surface area contributed by atoms with Crippen molar-refractivity contribution in [3.8, 4) is 11.3 Å². The van der Waals surface area contributed by atoms with E-state index in [0.717, 1.165) is 38.2 Å². The number of primary amides is 1. The lowest BCUT2D eigenvalue weighted by molar-refractivity contribution is -0.137. The highest BCUT2D eigenvalue weighted by atomic mass is 19.4. The van der Waals surface area contributed by atoms with Crippen LogP contribution in [0.2, 0.25) is 0 Å². The lowest BCUT2D eigenvalue weighted by Crippen LogP contribution is -2.40. The topological polar surface area (TPSA) is 107 Å². The number of aromatic nitrogens is 2. The predicted octanol–water partition coefficient (Wildman–Crippen LogP) is 4.51. The minimum atomic E-state index is -4.66. The van der Waals surface area contributed by atoms with Crippen LogP contribution in [-0.2, 0) is 15.8 Å². The van der Waals surface area contributed by atoms with Crippen molar-refractivity contribution in [1.82, 2.24) is 15.1 Å². The van der Waals surface area contributed by atoms with Gasteiger partial charge in [0.15, 0.2) is 5.69 Å². The van der Waals surface area contributed by atoms with Gasteiger partial charge in [-0.05, 0) is 38.2 Å². The van der Waals surface area contributed by atoms with E-state index >= 15 is 0 Å². The molecule has 0 saturated heterocycles. The second-order valence-electron chi connectivity index (χ2n) is 9.40. The molecular formula is C25H29F3N4O3. The van der Waals surface area contributed by atoms with Crippen molar-refractivity contribution in [2.75, 3.05) is 0 Å². The van der Waals surface area contributed by atoms with Crippen LogP contribution < -0.4 is 11.1 Å². The highest BCUT2D eigenvalue weighted by Gasteiger charge is 2.39. The number of benzene rings is 1. The van der Waals surface area contributed by atoms with Crippen LogP contribution in [0.15, 0.2) is 24.3 Å². The standard InChI is InChI=1S/C25H29F3N4O3/c26-25(27,28)19-11-4-3-10-18(19)23-21(15(12-13-33)14-20(34)30-16-6-5-7-16)22(24(29)35)31-32(23)17-8-1-2-9-17/h3-4,10-11,13,15-17H,1-2,5-9,12,14H2,(H2,29,35)(H,30,34). The molecule has 0 bridgehead atoms. The Kier molecular flexibility index (Phi) is 7.28. The number of carbonyl (C=O) groups is 3. The largest absolute Gasteiger partial charge is 0.417 e. The van der Waals surface area contributed by atoms with Crippen LogP contribution in [0.1, 0.15) is 91.4 Å². The van der Waals surface area contributed by atoms with E-state index in [2.05, 4.69) is 10.4 Å². The molecule has 2 amide bonds. The summed E-state index contributed by atoms with van der Waals surface area (Å²) in [7, 11) is 0. The molecule has 1 unspecified atom stereocenters. The molecule has 0 spiro atoms. The van der Waals surface area contributed by atoms with Crippen LogP contribution in [0, 0.1) is 0 Å². The summed E-state index contributed by atoms with van der Waals surface area (Å²) >= 11 is 0. The third kappa shape index (κ3) is 5.26. The number of aldehydes is 1. The lowest BCUT2D eigenvalue weighted by atomic mass is 9.86. The molecule has 10 heteroatoms. The maximum Gasteiger partial charge on any atom is 0.417 e. The molecule has 0 radical (unpaired) electrons. The van der Waals surface area contributed by atoms with Crippen molar-refractivity contribution >= 4 is 18.1 Å². The first-order valence-corrected chi connectivity index (χ1v) is 12.0. The molecule has 0 aliphatic heterocycles. The zero-order chi connectivity index (χ0) is 25.2. The molecule has 2 aliphatic carbocycles. The molecular weight excluding hydrogens is 461 g/mol. The summed E-state index contributed by atoms with van der Waals surface area (Å²) in [6.07, 6.45) is 1.53. The molecule has 2 saturated carbocycles. The quantitative estimate of drug-likeness (QED) is 0.504. The van der Waals surface area contributed by atoms with E-state index in [1.165, 1.54) is 22.9 Å². The molecule has 35 heavy (non-hydrogen) atoms. The van der Waals surface area contributed by atoms with Crippen molar-refractivity contribution in [2.24, 2.45) is 5.73 Å². The van der Waals surface area contributed by atoms with Crippen molar-refractivity contribution in [3.05, 3.63) is 41.1 Å². The first-order valence-electron chi connectivity index (χ1n) is 12.0. The molecule has 1 atom stereocenters. The second kappa shape index (κ2) is 10.2. The number of nitrogens with one attached hydrogen (secondary N) is 1. The average molecular weight is 491 g/mol. The maximum absolute atomic E-state index is 14.0. The average Bonchev–Trinajstić information content (AvgIpc) is 3.43. The van der Waals surface area contributed by atoms with Crippen molar-refractivity contribution < 1.29 is 27.6 Å². The molecule has 7 nitrogen and oxygen atoms in total. The number of hydrogen-bond donors (Lipinski definition) is 2. The van der Waals surface area contributed by atoms with Gasteiger partial charge in [-0.3, -0.25) is 14.3 Å². The maximum atomic E-state index is 14.0. The predicted molar refractivity (Wildman–Crippen MR) is 123 cm³/mol. The summed E-state index contributed by atoms with van der Waals surface area (Å²) in [5.41, 5.74) is 4.69. The summed E-state index contributed by atoms with van der Waals surface area (Å²) in [6.45, 7) is 0. The molecule has 1 aromatic heterocycles. The van der Waals surface area contributed by atoms with Crippen LogP contribution in [-0.4, -0.2) is 33.9 Å². The van der Waals surface area contributed by atoms with E-state index in [0.29, 0.717) is 19.1 Å². The summed E-state index contributed by atoms with van der Waals surface area (Å²) < 4.78 is 43.6. The summed E-state index contributed by atoms with van der Waals surface area (Å²) in [6, 6.07) is 4.95. The number of rotatable bonds is 9. The number of nitrogens with two attached hydrogens (primary N) is 1. The number of carbonyl (C=O) groups excluding carboxylic acids is 3. The van der Waals surface area contributed by atoms with Gasteiger partial charge in [-0.2, -0.15) is 18.3 Å². The molecule has 3 N–H and O–H groups in total. The van der Waals surface area contributed by atoms with Gasteiger partial charge in [0, 0.05) is 35.9 Å². The smallest absolute Gasteiger partial charge is 0.364 e. The Morgan fingerprint density at radius 3 is 2.40 bits per heavy atom. The zero-order valence-corrected chi connectivity index (χ0v) is 19.3. The Morgan fingerprint density at radius 1 is 1.14 bits per heavy atom. The van der Waals surface area contributed by atoms with Crippen LogP contribution in [0.4, 0.5) is 13.2 Å². The van der Waals surface area contributed by atoms with Crippen LogP contribution in [0.5, 0.6) is 0 Å². The Hall–Kier alpha value is -3.17. The van der Waals surface area contributed by atoms with Crippen LogP contribution in [0.25, 0.3) is 11.3 Å². The molecule has 2 aliphatic rings. The van der Waals surface area contributed by atoms with Gasteiger partial charge in [-0.25, -0.2) is 0 Å². The second-order valence-corrected chi connectivity index (χ2v) is 9.40. The Morgan fingerprint density at radius 2 is 1.83 bits per heavy atom. The van der Waals surface area contributed by atoms with Gasteiger partial charge in [0.25, 0.3) is 5.91 Å². The van der Waals surface area contributed by atoms with Crippen molar-refractivity contribution in [1.29, 1.82) is 0 Å². The van der Waals surface area contributed by atoms with Gasteiger partial charge in [0.05, 0.1) is 17.3 Å². The van der Waals surface area contributed by atoms with Gasteiger partial charge in [0.2, 0.25) is 5.91 Å². The molecule has 4 rings (SSSR count). The van der Waals surface area contributed by atoms with E-state index in [1.54, 1.807) is 0 Å². The fourth-order valence-electron chi connectivity index (χ4n) is 5.12. The van der Waals surface area contributed by atoms with Gasteiger partial charge >= 0.3 is 6.18 Å². The van der Waals surface area contributed by atoms with Crippen LogP contribution in [0.3, 0.4) is 0 Å². The van der Waals surface area contributed by atoms with E-state index in [4.69, 9.17) is 5.73 Å². The van der Waals surface area contributed by atoms with E-state index < -0.39 is 23.6 Å². The first-order chi connectivity index (χ1) is 16.7. The number of alkyl halides is 3. The van der Waals surface area contributed by atoms with Crippen molar-refractivity contribution in [2.45, 2.75) is 82.0 Å². The first kappa shape index (κ1) is 24.9.